The molecule has 0 aliphatic carbocycles. The molecule has 0 aromatic heterocycles. The van der Waals surface area contributed by atoms with Crippen molar-refractivity contribution in [3.8, 4) is 6.07 Å². The summed E-state index contributed by atoms with van der Waals surface area (Å²) in [5, 5.41) is 11.4. The van der Waals surface area contributed by atoms with Crippen LogP contribution in [-0.2, 0) is 14.8 Å². The monoisotopic (exact) mass is 371 g/mol. The van der Waals surface area contributed by atoms with Gasteiger partial charge in [-0.1, -0.05) is 26.0 Å². The van der Waals surface area contributed by atoms with E-state index in [2.05, 4.69) is 5.32 Å². The van der Waals surface area contributed by atoms with Gasteiger partial charge in [-0.2, -0.15) is 5.26 Å². The number of carbonyl (C=O) groups is 1. The fourth-order valence-electron chi connectivity index (χ4n) is 2.38. The third kappa shape index (κ3) is 5.07. The van der Waals surface area contributed by atoms with Crippen LogP contribution in [0.15, 0.2) is 48.5 Å². The molecule has 2 aromatic carbocycles. The highest BCUT2D eigenvalue weighted by Gasteiger charge is 2.21. The minimum absolute atomic E-state index is 0.329. The molecule has 0 aliphatic rings. The molecule has 2 rings (SSSR count). The van der Waals surface area contributed by atoms with Gasteiger partial charge in [0.05, 0.1) is 23.6 Å². The highest BCUT2D eigenvalue weighted by molar-refractivity contribution is 7.92. The third-order valence-corrected chi connectivity index (χ3v) is 4.97. The third-order valence-electron chi connectivity index (χ3n) is 3.83. The van der Waals surface area contributed by atoms with Gasteiger partial charge in [-0.05, 0) is 47.9 Å². The topological polar surface area (TPSA) is 90.3 Å². The fourth-order valence-corrected chi connectivity index (χ4v) is 3.24. The number of sulfonamides is 1. The molecule has 0 radical (unpaired) electrons. The van der Waals surface area contributed by atoms with Gasteiger partial charge in [-0.25, -0.2) is 8.42 Å². The molecule has 0 spiro atoms. The average molecular weight is 371 g/mol. The van der Waals surface area contributed by atoms with E-state index in [1.54, 1.807) is 36.4 Å². The maximum Gasteiger partial charge on any atom is 0.245 e. The molecule has 6 nitrogen and oxygen atoms in total. The van der Waals surface area contributed by atoms with E-state index in [0.29, 0.717) is 22.9 Å². The Balaban J connectivity index is 2.17. The van der Waals surface area contributed by atoms with E-state index in [-0.39, 0.29) is 6.54 Å². The van der Waals surface area contributed by atoms with Crippen LogP contribution in [0.5, 0.6) is 0 Å². The first-order valence-electron chi connectivity index (χ1n) is 8.08. The number of hydrogen-bond donors (Lipinski definition) is 1. The molecule has 26 heavy (non-hydrogen) atoms. The maximum atomic E-state index is 12.3. The van der Waals surface area contributed by atoms with Crippen molar-refractivity contribution in [2.45, 2.75) is 19.8 Å². The number of carbonyl (C=O) groups excluding carboxylic acids is 1. The molecule has 1 amide bonds. The van der Waals surface area contributed by atoms with Gasteiger partial charge in [-0.15, -0.1) is 0 Å². The Bertz CT molecular complexity index is 912. The largest absolute Gasteiger partial charge is 0.325 e. The summed E-state index contributed by atoms with van der Waals surface area (Å²) in [6.07, 6.45) is 1.07. The summed E-state index contributed by atoms with van der Waals surface area (Å²) >= 11 is 0. The van der Waals surface area contributed by atoms with Gasteiger partial charge in [0.2, 0.25) is 15.9 Å². The van der Waals surface area contributed by atoms with E-state index in [1.165, 1.54) is 0 Å². The Hall–Kier alpha value is -2.85. The van der Waals surface area contributed by atoms with Crippen molar-refractivity contribution in [1.82, 2.24) is 0 Å². The first-order chi connectivity index (χ1) is 12.2. The zero-order valence-corrected chi connectivity index (χ0v) is 15.7. The predicted molar refractivity (Wildman–Crippen MR) is 103 cm³/mol. The van der Waals surface area contributed by atoms with Gasteiger partial charge in [0.1, 0.15) is 6.54 Å². The van der Waals surface area contributed by atoms with Crippen molar-refractivity contribution < 1.29 is 13.2 Å². The molecule has 1 N–H and O–H groups in total. The summed E-state index contributed by atoms with van der Waals surface area (Å²) in [5.41, 5.74) is 2.50. The first kappa shape index (κ1) is 19.5. The quantitative estimate of drug-likeness (QED) is 0.845. The standard InChI is InChI=1S/C19H21N3O3S/c1-14(2)16-6-10-18(11-7-16)22(26(3,24)25)13-19(23)21-17-8-4-15(12-20)5-9-17/h4-11,14H,13H2,1-3H3,(H,21,23). The van der Waals surface area contributed by atoms with E-state index in [1.807, 2.05) is 32.0 Å². The van der Waals surface area contributed by atoms with Crippen LogP contribution in [0.25, 0.3) is 0 Å². The molecular formula is C19H21N3O3S. The smallest absolute Gasteiger partial charge is 0.245 e. The number of amides is 1. The molecule has 7 heteroatoms. The second-order valence-electron chi connectivity index (χ2n) is 6.25. The van der Waals surface area contributed by atoms with Crippen molar-refractivity contribution in [3.63, 3.8) is 0 Å². The van der Waals surface area contributed by atoms with E-state index in [9.17, 15) is 13.2 Å². The van der Waals surface area contributed by atoms with Crippen LogP contribution in [0.2, 0.25) is 0 Å². The maximum absolute atomic E-state index is 12.3. The molecule has 0 heterocycles. The minimum Gasteiger partial charge on any atom is -0.325 e. The number of nitriles is 1. The highest BCUT2D eigenvalue weighted by atomic mass is 32.2. The number of rotatable bonds is 6. The van der Waals surface area contributed by atoms with Crippen molar-refractivity contribution in [2.24, 2.45) is 0 Å². The van der Waals surface area contributed by atoms with Crippen LogP contribution < -0.4 is 9.62 Å². The lowest BCUT2D eigenvalue weighted by molar-refractivity contribution is -0.114. The van der Waals surface area contributed by atoms with Crippen molar-refractivity contribution in [3.05, 3.63) is 59.7 Å². The van der Waals surface area contributed by atoms with E-state index in [4.69, 9.17) is 5.26 Å². The Kier molecular flexibility index (Phi) is 6.01. The second kappa shape index (κ2) is 8.02. The molecule has 0 saturated heterocycles. The minimum atomic E-state index is -3.62. The number of nitrogens with one attached hydrogen (secondary N) is 1. The Labute approximate surface area is 154 Å². The lowest BCUT2D eigenvalue weighted by atomic mass is 10.0. The summed E-state index contributed by atoms with van der Waals surface area (Å²) in [6, 6.07) is 15.5. The van der Waals surface area contributed by atoms with Crippen LogP contribution >= 0.6 is 0 Å². The normalized spacial score (nSPS) is 11.0. The molecular weight excluding hydrogens is 350 g/mol. The summed E-state index contributed by atoms with van der Waals surface area (Å²) in [4.78, 5) is 12.3. The van der Waals surface area contributed by atoms with Gasteiger partial charge in [0.25, 0.3) is 0 Å². The molecule has 0 saturated carbocycles. The van der Waals surface area contributed by atoms with E-state index in [0.717, 1.165) is 16.1 Å². The van der Waals surface area contributed by atoms with Gasteiger partial charge in [0.15, 0.2) is 0 Å². The summed E-state index contributed by atoms with van der Waals surface area (Å²) < 4.78 is 25.3. The molecule has 0 bridgehead atoms. The molecule has 0 atom stereocenters. The predicted octanol–water partition coefficient (Wildman–Crippen LogP) is 3.09. The SMILES string of the molecule is CC(C)c1ccc(N(CC(=O)Nc2ccc(C#N)cc2)S(C)(=O)=O)cc1. The lowest BCUT2D eigenvalue weighted by Gasteiger charge is -2.22. The molecule has 136 valence electrons. The van der Waals surface area contributed by atoms with Crippen molar-refractivity contribution >= 4 is 27.3 Å². The number of nitrogens with zero attached hydrogens (tertiary/aromatic N) is 2. The van der Waals surface area contributed by atoms with Crippen LogP contribution in [0.4, 0.5) is 11.4 Å². The van der Waals surface area contributed by atoms with Crippen molar-refractivity contribution in [1.29, 1.82) is 5.26 Å². The summed E-state index contributed by atoms with van der Waals surface area (Å²) in [7, 11) is -3.62. The highest BCUT2D eigenvalue weighted by Crippen LogP contribution is 2.22. The van der Waals surface area contributed by atoms with Gasteiger partial charge in [-0.3, -0.25) is 9.10 Å². The van der Waals surface area contributed by atoms with Gasteiger partial charge >= 0.3 is 0 Å². The number of anilines is 2. The fraction of sp³-hybridized carbons (Fsp3) is 0.263. The van der Waals surface area contributed by atoms with Crippen LogP contribution in [-0.4, -0.2) is 27.1 Å². The Morgan fingerprint density at radius 1 is 1.12 bits per heavy atom. The zero-order valence-electron chi connectivity index (χ0n) is 14.9. The van der Waals surface area contributed by atoms with Crippen LogP contribution in [0, 0.1) is 11.3 Å². The molecule has 0 aliphatic heterocycles. The second-order valence-corrected chi connectivity index (χ2v) is 8.16. The van der Waals surface area contributed by atoms with Crippen LogP contribution in [0.3, 0.4) is 0 Å². The lowest BCUT2D eigenvalue weighted by Crippen LogP contribution is -2.37. The summed E-state index contributed by atoms with van der Waals surface area (Å²) in [5.74, 6) is -0.136. The first-order valence-corrected chi connectivity index (χ1v) is 9.93. The van der Waals surface area contributed by atoms with Gasteiger partial charge < -0.3 is 5.32 Å². The zero-order chi connectivity index (χ0) is 19.3. The number of hydrogen-bond acceptors (Lipinski definition) is 4. The van der Waals surface area contributed by atoms with Crippen molar-refractivity contribution in [2.75, 3.05) is 22.4 Å². The molecule has 2 aromatic rings. The number of benzene rings is 2. The Morgan fingerprint density at radius 2 is 1.69 bits per heavy atom. The average Bonchev–Trinajstić information content (AvgIpc) is 2.59. The van der Waals surface area contributed by atoms with Crippen LogP contribution in [0.1, 0.15) is 30.9 Å². The summed E-state index contributed by atoms with van der Waals surface area (Å²) in [6.45, 7) is 3.77. The molecule has 0 unspecified atom stereocenters. The van der Waals surface area contributed by atoms with E-state index >= 15 is 0 Å². The van der Waals surface area contributed by atoms with E-state index < -0.39 is 15.9 Å². The molecule has 0 fully saturated rings. The van der Waals surface area contributed by atoms with Gasteiger partial charge in [0, 0.05) is 5.69 Å². The Morgan fingerprint density at radius 3 is 2.15 bits per heavy atom.